The smallest absolute Gasteiger partial charge is 0.164 e. The molecule has 2 aliphatic rings. The second-order valence-corrected chi connectivity index (χ2v) is 14.3. The number of allylic oxidation sites excluding steroid dienone is 1. The lowest BCUT2D eigenvalue weighted by molar-refractivity contribution is 0.595. The first-order chi connectivity index (χ1) is 26.3. The van der Waals surface area contributed by atoms with Gasteiger partial charge in [-0.25, -0.2) is 15.0 Å². The topological polar surface area (TPSA) is 65.0 Å². The number of para-hydroxylation sites is 1. The van der Waals surface area contributed by atoms with Crippen LogP contribution in [0.5, 0.6) is 0 Å². The maximum absolute atomic E-state index is 6.59. The first kappa shape index (κ1) is 28.8. The van der Waals surface area contributed by atoms with Gasteiger partial charge >= 0.3 is 0 Å². The van der Waals surface area contributed by atoms with Crippen molar-refractivity contribution in [2.75, 3.05) is 0 Å². The third-order valence-corrected chi connectivity index (χ3v) is 11.3. The zero-order chi connectivity index (χ0) is 34.6. The van der Waals surface area contributed by atoms with Crippen LogP contribution in [0.4, 0.5) is 0 Å². The third-order valence-electron chi connectivity index (χ3n) is 11.3. The summed E-state index contributed by atoms with van der Waals surface area (Å²) in [6.45, 7) is 0. The lowest BCUT2D eigenvalue weighted by Crippen LogP contribution is -2.03. The van der Waals surface area contributed by atoms with Crippen molar-refractivity contribution in [3.8, 4) is 33.9 Å². The van der Waals surface area contributed by atoms with E-state index in [1.807, 2.05) is 30.3 Å². The van der Waals surface area contributed by atoms with E-state index in [9.17, 15) is 0 Å². The highest BCUT2D eigenvalue weighted by Crippen LogP contribution is 2.65. The second kappa shape index (κ2) is 10.8. The molecule has 0 spiro atoms. The summed E-state index contributed by atoms with van der Waals surface area (Å²) in [5.74, 6) is 3.64. The number of fused-ring (bicyclic) bond motifs is 11. The molecule has 0 radical (unpaired) electrons. The monoisotopic (exact) mass is 679 g/mol. The minimum absolute atomic E-state index is 0.0811. The van der Waals surface area contributed by atoms with Crippen LogP contribution in [0, 0.1) is 5.92 Å². The average Bonchev–Trinajstić information content (AvgIpc) is 3.65. The Labute approximate surface area is 303 Å². The van der Waals surface area contributed by atoms with Crippen LogP contribution >= 0.6 is 0 Å². The highest BCUT2D eigenvalue weighted by Gasteiger charge is 2.56. The molecule has 3 atom stereocenters. The molecule has 10 aromatic rings. The van der Waals surface area contributed by atoms with Crippen molar-refractivity contribution < 1.29 is 8.83 Å². The van der Waals surface area contributed by atoms with Gasteiger partial charge in [-0.2, -0.15) is 0 Å². The zero-order valence-corrected chi connectivity index (χ0v) is 28.4. The Bertz CT molecular complexity index is 3150. The first-order valence-corrected chi connectivity index (χ1v) is 18.1. The first-order valence-electron chi connectivity index (χ1n) is 18.1. The van der Waals surface area contributed by atoms with Gasteiger partial charge in [0.15, 0.2) is 11.6 Å². The lowest BCUT2D eigenvalue weighted by atomic mass is 9.93. The molecule has 0 saturated heterocycles. The molecule has 0 N–H and O–H groups in total. The molecule has 5 heteroatoms. The summed E-state index contributed by atoms with van der Waals surface area (Å²) in [5, 5.41) is 8.10. The van der Waals surface area contributed by atoms with Gasteiger partial charge in [0.1, 0.15) is 28.3 Å². The van der Waals surface area contributed by atoms with Crippen LogP contribution < -0.4 is 0 Å². The van der Waals surface area contributed by atoms with E-state index in [-0.39, 0.29) is 17.8 Å². The second-order valence-electron chi connectivity index (χ2n) is 14.3. The molecule has 0 amide bonds. The summed E-state index contributed by atoms with van der Waals surface area (Å²) < 4.78 is 12.8. The number of benzene rings is 7. The lowest BCUT2D eigenvalue weighted by Gasteiger charge is -2.12. The number of rotatable bonds is 4. The summed E-state index contributed by atoms with van der Waals surface area (Å²) in [6.07, 6.45) is 4.45. The fourth-order valence-corrected chi connectivity index (χ4v) is 8.87. The van der Waals surface area contributed by atoms with Crippen molar-refractivity contribution in [1.82, 2.24) is 15.0 Å². The van der Waals surface area contributed by atoms with E-state index in [1.165, 1.54) is 16.3 Å². The van der Waals surface area contributed by atoms with Crippen LogP contribution in [0.2, 0.25) is 0 Å². The van der Waals surface area contributed by atoms with Crippen LogP contribution in [-0.2, 0) is 0 Å². The summed E-state index contributed by atoms with van der Waals surface area (Å²) in [5.41, 5.74) is 8.20. The Morgan fingerprint density at radius 3 is 2.09 bits per heavy atom. The molecule has 12 rings (SSSR count). The predicted octanol–water partition coefficient (Wildman–Crippen LogP) is 12.3. The number of aromatic nitrogens is 3. The third kappa shape index (κ3) is 4.28. The minimum atomic E-state index is 0.0811. The van der Waals surface area contributed by atoms with Crippen molar-refractivity contribution in [1.29, 1.82) is 0 Å². The molecule has 0 aliphatic heterocycles. The van der Waals surface area contributed by atoms with Crippen LogP contribution in [0.1, 0.15) is 29.0 Å². The highest BCUT2D eigenvalue weighted by molar-refractivity contribution is 6.13. The highest BCUT2D eigenvalue weighted by atomic mass is 16.3. The Balaban J connectivity index is 1.04. The van der Waals surface area contributed by atoms with Crippen LogP contribution in [0.25, 0.3) is 94.4 Å². The van der Waals surface area contributed by atoms with Gasteiger partial charge in [-0.15, -0.1) is 0 Å². The fourth-order valence-electron chi connectivity index (χ4n) is 8.87. The van der Waals surface area contributed by atoms with Gasteiger partial charge < -0.3 is 8.83 Å². The van der Waals surface area contributed by atoms with Gasteiger partial charge in [-0.1, -0.05) is 121 Å². The van der Waals surface area contributed by atoms with Gasteiger partial charge in [-0.05, 0) is 75.0 Å². The summed E-state index contributed by atoms with van der Waals surface area (Å²) in [6, 6.07) is 50.8. The van der Waals surface area contributed by atoms with Crippen molar-refractivity contribution in [3.05, 3.63) is 169 Å². The van der Waals surface area contributed by atoms with E-state index in [1.54, 1.807) is 0 Å². The number of hydrogen-bond donors (Lipinski definition) is 0. The molecule has 1 saturated carbocycles. The standard InChI is InChI=1S/C48H29N3O2/c1-2-11-27(12-3-1)46-49-47(37-26-28-13-4-5-14-30(28)32-15-6-7-16-33(32)37)51-48(50-46)44-35-22-24-41-45(43(35)44)42-31(18-10-20-40(42)53-41)29-21-23-39-36(25-29)34-17-8-9-19-38(34)52-39/h1-26,35,43-44H. The van der Waals surface area contributed by atoms with Gasteiger partial charge in [-0.3, -0.25) is 0 Å². The van der Waals surface area contributed by atoms with Crippen molar-refractivity contribution in [3.63, 3.8) is 0 Å². The normalized spacial score (nSPS) is 17.5. The Hall–Kier alpha value is -6.85. The molecule has 3 unspecified atom stereocenters. The van der Waals surface area contributed by atoms with Crippen LogP contribution in [0.15, 0.2) is 161 Å². The molecule has 5 nitrogen and oxygen atoms in total. The van der Waals surface area contributed by atoms with Crippen LogP contribution in [0.3, 0.4) is 0 Å². The van der Waals surface area contributed by atoms with Gasteiger partial charge in [0.25, 0.3) is 0 Å². The largest absolute Gasteiger partial charge is 0.456 e. The molecule has 3 heterocycles. The quantitative estimate of drug-likeness (QED) is 0.173. The van der Waals surface area contributed by atoms with Gasteiger partial charge in [0.05, 0.1) is 0 Å². The van der Waals surface area contributed by atoms with E-state index in [4.69, 9.17) is 23.8 Å². The van der Waals surface area contributed by atoms with E-state index in [2.05, 4.69) is 127 Å². The van der Waals surface area contributed by atoms with Crippen molar-refractivity contribution in [2.24, 2.45) is 5.92 Å². The van der Waals surface area contributed by atoms with E-state index in [0.717, 1.165) is 77.5 Å². The number of hydrogen-bond acceptors (Lipinski definition) is 5. The average molecular weight is 680 g/mol. The molecular weight excluding hydrogens is 651 g/mol. The molecule has 248 valence electrons. The molecule has 7 aromatic carbocycles. The Morgan fingerprint density at radius 2 is 1.19 bits per heavy atom. The molecule has 53 heavy (non-hydrogen) atoms. The molecule has 3 aromatic heterocycles. The fraction of sp³-hybridized carbons (Fsp3) is 0.0625. The maximum atomic E-state index is 6.59. The van der Waals surface area contributed by atoms with Crippen molar-refractivity contribution >= 4 is 60.5 Å². The van der Waals surface area contributed by atoms with Crippen molar-refractivity contribution in [2.45, 2.75) is 11.8 Å². The maximum Gasteiger partial charge on any atom is 0.164 e. The molecular formula is C48H29N3O2. The summed E-state index contributed by atoms with van der Waals surface area (Å²) in [7, 11) is 0. The van der Waals surface area contributed by atoms with Gasteiger partial charge in [0.2, 0.25) is 0 Å². The summed E-state index contributed by atoms with van der Waals surface area (Å²) in [4.78, 5) is 15.8. The SMILES string of the molecule is C1=CC2C(c3nc(-c4ccccc4)nc(-c4cc5ccccc5c5ccccc45)n3)C2c2c1oc1cccc(-c3ccc4oc5ccccc5c4c3)c21. The van der Waals surface area contributed by atoms with E-state index in [0.29, 0.717) is 11.6 Å². The van der Waals surface area contributed by atoms with E-state index < -0.39 is 0 Å². The van der Waals surface area contributed by atoms with Gasteiger partial charge in [0, 0.05) is 44.7 Å². The van der Waals surface area contributed by atoms with E-state index >= 15 is 0 Å². The zero-order valence-electron chi connectivity index (χ0n) is 28.4. The summed E-state index contributed by atoms with van der Waals surface area (Å²) >= 11 is 0. The van der Waals surface area contributed by atoms with Crippen LogP contribution in [-0.4, -0.2) is 15.0 Å². The minimum Gasteiger partial charge on any atom is -0.456 e. The Kier molecular flexibility index (Phi) is 5.89. The predicted molar refractivity (Wildman–Crippen MR) is 213 cm³/mol. The Morgan fingerprint density at radius 1 is 0.453 bits per heavy atom. The molecule has 1 fully saturated rings. The molecule has 0 bridgehead atoms. The molecule has 2 aliphatic carbocycles. The number of furan rings is 2. The number of nitrogens with zero attached hydrogens (tertiary/aromatic N) is 3.